The highest BCUT2D eigenvalue weighted by Crippen LogP contribution is 2.29. The molecule has 3 aromatic rings. The van der Waals surface area contributed by atoms with E-state index >= 15 is 0 Å². The molecule has 0 saturated carbocycles. The van der Waals surface area contributed by atoms with Crippen molar-refractivity contribution >= 4 is 34.9 Å². The number of esters is 1. The van der Waals surface area contributed by atoms with Crippen LogP contribution in [0.3, 0.4) is 0 Å². The Morgan fingerprint density at radius 3 is 2.89 bits per heavy atom. The molecule has 28 heavy (non-hydrogen) atoms. The summed E-state index contributed by atoms with van der Waals surface area (Å²) in [6.07, 6.45) is 3.16. The quantitative estimate of drug-likeness (QED) is 0.500. The smallest absolute Gasteiger partial charge is 0.328 e. The van der Waals surface area contributed by atoms with E-state index in [-0.39, 0.29) is 12.0 Å². The van der Waals surface area contributed by atoms with Gasteiger partial charge in [0.2, 0.25) is 5.95 Å². The molecule has 0 fully saturated rings. The van der Waals surface area contributed by atoms with Crippen LogP contribution in [0.15, 0.2) is 36.5 Å². The molecular weight excluding hydrogens is 358 g/mol. The number of benzene rings is 1. The van der Waals surface area contributed by atoms with Crippen LogP contribution < -0.4 is 16.0 Å². The number of aromatic amines is 1. The Bertz CT molecular complexity index is 988. The van der Waals surface area contributed by atoms with Gasteiger partial charge in [-0.25, -0.2) is 9.78 Å². The SMILES string of the molecule is COC(=O)C1CCc2cc(Nc3nc(C)cc(Nc4ccn[nH]4)n3)ccc2N1. The molecule has 1 aliphatic rings. The number of ether oxygens (including phenoxy) is 1. The minimum atomic E-state index is -0.299. The third kappa shape index (κ3) is 3.88. The van der Waals surface area contributed by atoms with Crippen molar-refractivity contribution in [2.75, 3.05) is 23.1 Å². The number of carbonyl (C=O) groups excluding carboxylic acids is 1. The van der Waals surface area contributed by atoms with Crippen LogP contribution in [0.2, 0.25) is 0 Å². The average molecular weight is 379 g/mol. The number of anilines is 5. The van der Waals surface area contributed by atoms with E-state index in [1.165, 1.54) is 7.11 Å². The van der Waals surface area contributed by atoms with E-state index in [0.717, 1.165) is 34.9 Å². The normalized spacial score (nSPS) is 15.3. The lowest BCUT2D eigenvalue weighted by atomic mass is 9.97. The summed E-state index contributed by atoms with van der Waals surface area (Å²) in [5, 5.41) is 16.4. The molecule has 0 aliphatic carbocycles. The molecule has 3 heterocycles. The third-order valence-electron chi connectivity index (χ3n) is 4.50. The van der Waals surface area contributed by atoms with Crippen molar-refractivity contribution < 1.29 is 9.53 Å². The van der Waals surface area contributed by atoms with E-state index in [1.54, 1.807) is 6.20 Å². The van der Waals surface area contributed by atoms with E-state index in [0.29, 0.717) is 18.2 Å². The summed E-state index contributed by atoms with van der Waals surface area (Å²) in [4.78, 5) is 20.7. The van der Waals surface area contributed by atoms with Gasteiger partial charge in [-0.3, -0.25) is 5.10 Å². The van der Waals surface area contributed by atoms with Crippen LogP contribution in [-0.2, 0) is 16.0 Å². The minimum Gasteiger partial charge on any atom is -0.467 e. The van der Waals surface area contributed by atoms with Gasteiger partial charge in [0.25, 0.3) is 0 Å². The highest BCUT2D eigenvalue weighted by molar-refractivity contribution is 5.81. The number of nitrogens with zero attached hydrogens (tertiary/aromatic N) is 3. The standard InChI is InChI=1S/C19H21N7O2/c1-11-9-17(24-16-7-8-20-26-16)25-19(21-11)22-13-4-6-14-12(10-13)3-5-15(23-14)18(27)28-2/h4,6-10,15,23H,3,5H2,1-2H3,(H3,20,21,22,24,25,26). The van der Waals surface area contributed by atoms with Crippen molar-refractivity contribution in [3.05, 3.63) is 47.8 Å². The highest BCUT2D eigenvalue weighted by Gasteiger charge is 2.24. The van der Waals surface area contributed by atoms with Crippen LogP contribution in [0.25, 0.3) is 0 Å². The first-order valence-electron chi connectivity index (χ1n) is 8.97. The van der Waals surface area contributed by atoms with Crippen molar-refractivity contribution in [1.82, 2.24) is 20.2 Å². The fourth-order valence-electron chi connectivity index (χ4n) is 3.18. The van der Waals surface area contributed by atoms with Gasteiger partial charge >= 0.3 is 5.97 Å². The predicted octanol–water partition coefficient (Wildman–Crippen LogP) is 2.90. The largest absolute Gasteiger partial charge is 0.467 e. The van der Waals surface area contributed by atoms with Gasteiger partial charge < -0.3 is 20.7 Å². The average Bonchev–Trinajstić information content (AvgIpc) is 3.19. The molecule has 2 aromatic heterocycles. The molecule has 1 aromatic carbocycles. The zero-order chi connectivity index (χ0) is 19.5. The first-order chi connectivity index (χ1) is 13.6. The zero-order valence-corrected chi connectivity index (χ0v) is 15.6. The molecule has 1 aliphatic heterocycles. The molecule has 9 heteroatoms. The van der Waals surface area contributed by atoms with Crippen molar-refractivity contribution in [3.8, 4) is 0 Å². The topological polar surface area (TPSA) is 117 Å². The second-order valence-corrected chi connectivity index (χ2v) is 6.57. The number of hydrogen-bond donors (Lipinski definition) is 4. The zero-order valence-electron chi connectivity index (χ0n) is 15.6. The van der Waals surface area contributed by atoms with Crippen molar-refractivity contribution in [1.29, 1.82) is 0 Å². The van der Waals surface area contributed by atoms with E-state index < -0.39 is 0 Å². The van der Waals surface area contributed by atoms with Crippen molar-refractivity contribution in [3.63, 3.8) is 0 Å². The van der Waals surface area contributed by atoms with Gasteiger partial charge in [0, 0.05) is 29.2 Å². The van der Waals surface area contributed by atoms with Gasteiger partial charge in [0.1, 0.15) is 17.7 Å². The number of rotatable bonds is 5. The Labute approximate surface area is 161 Å². The summed E-state index contributed by atoms with van der Waals surface area (Å²) in [7, 11) is 1.41. The molecule has 0 amide bonds. The number of aryl methyl sites for hydroxylation is 2. The molecule has 1 atom stereocenters. The molecule has 9 nitrogen and oxygen atoms in total. The number of methoxy groups -OCH3 is 1. The molecule has 0 saturated heterocycles. The van der Waals surface area contributed by atoms with Crippen molar-refractivity contribution in [2.24, 2.45) is 0 Å². The summed E-state index contributed by atoms with van der Waals surface area (Å²) in [5.41, 5.74) is 3.79. The van der Waals surface area contributed by atoms with Crippen LogP contribution >= 0.6 is 0 Å². The fourth-order valence-corrected chi connectivity index (χ4v) is 3.18. The minimum absolute atomic E-state index is 0.238. The maximum atomic E-state index is 11.7. The third-order valence-corrected chi connectivity index (χ3v) is 4.50. The number of fused-ring (bicyclic) bond motifs is 1. The fraction of sp³-hybridized carbons (Fsp3) is 0.263. The number of hydrogen-bond acceptors (Lipinski definition) is 8. The predicted molar refractivity (Wildman–Crippen MR) is 106 cm³/mol. The first kappa shape index (κ1) is 17.8. The van der Waals surface area contributed by atoms with Gasteiger partial charge in [0.15, 0.2) is 0 Å². The lowest BCUT2D eigenvalue weighted by Gasteiger charge is -2.25. The highest BCUT2D eigenvalue weighted by atomic mass is 16.5. The number of nitrogens with one attached hydrogen (secondary N) is 4. The van der Waals surface area contributed by atoms with Crippen LogP contribution in [0.4, 0.5) is 29.0 Å². The van der Waals surface area contributed by atoms with Crippen LogP contribution in [0.1, 0.15) is 17.7 Å². The van der Waals surface area contributed by atoms with Crippen LogP contribution in [-0.4, -0.2) is 39.3 Å². The Kier molecular flexibility index (Phi) is 4.79. The van der Waals surface area contributed by atoms with E-state index in [4.69, 9.17) is 4.74 Å². The Morgan fingerprint density at radius 1 is 1.21 bits per heavy atom. The summed E-state index contributed by atoms with van der Waals surface area (Å²) in [5.74, 6) is 1.68. The van der Waals surface area contributed by atoms with Gasteiger partial charge in [-0.05, 0) is 43.5 Å². The van der Waals surface area contributed by atoms with Gasteiger partial charge in [0.05, 0.1) is 13.3 Å². The Morgan fingerprint density at radius 2 is 2.11 bits per heavy atom. The molecule has 4 rings (SSSR count). The lowest BCUT2D eigenvalue weighted by Crippen LogP contribution is -2.34. The van der Waals surface area contributed by atoms with Gasteiger partial charge in [-0.15, -0.1) is 0 Å². The Hall–Kier alpha value is -3.62. The molecule has 0 radical (unpaired) electrons. The summed E-state index contributed by atoms with van der Waals surface area (Å²) in [6.45, 7) is 1.91. The molecule has 144 valence electrons. The van der Waals surface area contributed by atoms with Crippen LogP contribution in [0.5, 0.6) is 0 Å². The first-order valence-corrected chi connectivity index (χ1v) is 8.97. The van der Waals surface area contributed by atoms with E-state index in [9.17, 15) is 4.79 Å². The van der Waals surface area contributed by atoms with Gasteiger partial charge in [-0.2, -0.15) is 10.1 Å². The van der Waals surface area contributed by atoms with Crippen molar-refractivity contribution in [2.45, 2.75) is 25.8 Å². The molecule has 0 spiro atoms. The summed E-state index contributed by atoms with van der Waals surface area (Å²) in [6, 6.07) is 9.31. The maximum Gasteiger partial charge on any atom is 0.328 e. The lowest BCUT2D eigenvalue weighted by molar-refractivity contribution is -0.141. The maximum absolute atomic E-state index is 11.7. The number of aromatic nitrogens is 4. The summed E-state index contributed by atoms with van der Waals surface area (Å²) < 4.78 is 4.82. The second kappa shape index (κ2) is 7.55. The number of H-pyrrole nitrogens is 1. The number of carbonyl (C=O) groups is 1. The molecule has 0 bridgehead atoms. The van der Waals surface area contributed by atoms with Crippen LogP contribution in [0, 0.1) is 6.92 Å². The van der Waals surface area contributed by atoms with Gasteiger partial charge in [-0.1, -0.05) is 0 Å². The monoisotopic (exact) mass is 379 g/mol. The second-order valence-electron chi connectivity index (χ2n) is 6.57. The van der Waals surface area contributed by atoms with E-state index in [2.05, 4.69) is 36.1 Å². The molecule has 1 unspecified atom stereocenters. The Balaban J connectivity index is 1.50. The molecular formula is C19H21N7O2. The molecule has 4 N–H and O–H groups in total. The van der Waals surface area contributed by atoms with E-state index in [1.807, 2.05) is 37.3 Å². The summed E-state index contributed by atoms with van der Waals surface area (Å²) >= 11 is 0.